The second-order valence-corrected chi connectivity index (χ2v) is 8.88. The Kier molecular flexibility index (Phi) is 6.79. The maximum Gasteiger partial charge on any atom is 0.322 e. The van der Waals surface area contributed by atoms with E-state index in [9.17, 15) is 9.59 Å². The molecule has 1 atom stereocenters. The molecule has 8 heteroatoms. The number of carbonyl (C=O) groups excluding carboxylic acids is 2. The minimum absolute atomic E-state index is 0.0100. The van der Waals surface area contributed by atoms with E-state index < -0.39 is 6.04 Å². The Bertz CT molecular complexity index is 995. The standard InChI is InChI=1S/C24H29N3O4S/c1-30-21-13-16-10-12-26(15-17(16)14-22(21)31-2)23(28)20-5-4-11-27(20)24(29)25-18-6-8-19(32-3)9-7-18/h6-9,13-14,20H,4-5,10-12,15H2,1-3H3,(H,25,29). The lowest BCUT2D eigenvalue weighted by molar-refractivity contribution is -0.136. The van der Waals surface area contributed by atoms with Crippen LogP contribution < -0.4 is 14.8 Å². The van der Waals surface area contributed by atoms with Crippen molar-refractivity contribution >= 4 is 29.4 Å². The molecule has 1 unspecified atom stereocenters. The normalized spacial score (nSPS) is 17.7. The molecule has 3 amide bonds. The number of urea groups is 1. The first-order valence-electron chi connectivity index (χ1n) is 10.8. The van der Waals surface area contributed by atoms with E-state index in [4.69, 9.17) is 9.47 Å². The van der Waals surface area contributed by atoms with Gasteiger partial charge in [-0.15, -0.1) is 11.8 Å². The first-order chi connectivity index (χ1) is 15.5. The number of rotatable bonds is 5. The van der Waals surface area contributed by atoms with Crippen LogP contribution in [-0.2, 0) is 17.8 Å². The van der Waals surface area contributed by atoms with E-state index >= 15 is 0 Å². The third kappa shape index (κ3) is 4.50. The number of nitrogens with zero attached hydrogens (tertiary/aromatic N) is 2. The van der Waals surface area contributed by atoms with Gasteiger partial charge < -0.3 is 24.6 Å². The van der Waals surface area contributed by atoms with Crippen LogP contribution >= 0.6 is 11.8 Å². The lowest BCUT2D eigenvalue weighted by atomic mass is 9.98. The molecule has 1 fully saturated rings. The fraction of sp³-hybridized carbons (Fsp3) is 0.417. The minimum Gasteiger partial charge on any atom is -0.493 e. The van der Waals surface area contributed by atoms with E-state index in [1.165, 1.54) is 5.56 Å². The molecule has 2 aromatic carbocycles. The SMILES string of the molecule is COc1cc2c(cc1OC)CN(C(=O)C1CCCN1C(=O)Nc1ccc(SC)cc1)CC2. The molecular weight excluding hydrogens is 426 g/mol. The van der Waals surface area contributed by atoms with Crippen molar-refractivity contribution in [2.24, 2.45) is 0 Å². The number of ether oxygens (including phenoxy) is 2. The maximum atomic E-state index is 13.4. The lowest BCUT2D eigenvalue weighted by Crippen LogP contribution is -2.50. The van der Waals surface area contributed by atoms with Crippen LogP contribution in [0.3, 0.4) is 0 Å². The van der Waals surface area contributed by atoms with Gasteiger partial charge in [0.05, 0.1) is 14.2 Å². The van der Waals surface area contributed by atoms with Gasteiger partial charge in [-0.1, -0.05) is 0 Å². The molecule has 32 heavy (non-hydrogen) atoms. The van der Waals surface area contributed by atoms with Gasteiger partial charge in [-0.25, -0.2) is 4.79 Å². The molecule has 4 rings (SSSR count). The number of anilines is 1. The molecule has 7 nitrogen and oxygen atoms in total. The van der Waals surface area contributed by atoms with Gasteiger partial charge in [0.25, 0.3) is 0 Å². The fourth-order valence-electron chi connectivity index (χ4n) is 4.42. The Morgan fingerprint density at radius 1 is 1.03 bits per heavy atom. The van der Waals surface area contributed by atoms with Gasteiger partial charge in [-0.3, -0.25) is 4.79 Å². The highest BCUT2D eigenvalue weighted by Crippen LogP contribution is 2.34. The van der Waals surface area contributed by atoms with Gasteiger partial charge in [-0.05, 0) is 73.0 Å². The Hall–Kier alpha value is -2.87. The summed E-state index contributed by atoms with van der Waals surface area (Å²) in [5.41, 5.74) is 2.96. The maximum absolute atomic E-state index is 13.4. The van der Waals surface area contributed by atoms with Crippen molar-refractivity contribution in [3.05, 3.63) is 47.5 Å². The zero-order valence-electron chi connectivity index (χ0n) is 18.7. The van der Waals surface area contributed by atoms with Gasteiger partial charge in [-0.2, -0.15) is 0 Å². The number of hydrogen-bond acceptors (Lipinski definition) is 5. The molecule has 0 aliphatic carbocycles. The highest BCUT2D eigenvalue weighted by Gasteiger charge is 2.37. The monoisotopic (exact) mass is 455 g/mol. The topological polar surface area (TPSA) is 71.1 Å². The van der Waals surface area contributed by atoms with Crippen LogP contribution in [-0.4, -0.2) is 61.3 Å². The number of thioether (sulfide) groups is 1. The van der Waals surface area contributed by atoms with Crippen LogP contribution in [0.1, 0.15) is 24.0 Å². The third-order valence-electron chi connectivity index (χ3n) is 6.17. The molecule has 0 bridgehead atoms. The van der Waals surface area contributed by atoms with Crippen LogP contribution in [0.2, 0.25) is 0 Å². The van der Waals surface area contributed by atoms with Crippen molar-refractivity contribution in [2.45, 2.75) is 36.7 Å². The van der Waals surface area contributed by atoms with Crippen molar-refractivity contribution in [1.29, 1.82) is 0 Å². The van der Waals surface area contributed by atoms with Crippen molar-refractivity contribution in [1.82, 2.24) is 9.80 Å². The number of amides is 3. The van der Waals surface area contributed by atoms with Gasteiger partial charge >= 0.3 is 6.03 Å². The van der Waals surface area contributed by atoms with Crippen molar-refractivity contribution in [3.63, 3.8) is 0 Å². The van der Waals surface area contributed by atoms with Crippen LogP contribution in [0.25, 0.3) is 0 Å². The molecule has 1 N–H and O–H groups in total. The molecule has 0 spiro atoms. The molecule has 0 saturated carbocycles. The Balaban J connectivity index is 1.45. The van der Waals surface area contributed by atoms with Crippen molar-refractivity contribution < 1.29 is 19.1 Å². The Labute approximate surface area is 193 Å². The largest absolute Gasteiger partial charge is 0.493 e. The number of nitrogens with one attached hydrogen (secondary N) is 1. The molecule has 170 valence electrons. The van der Waals surface area contributed by atoms with Gasteiger partial charge in [0.15, 0.2) is 11.5 Å². The third-order valence-corrected chi connectivity index (χ3v) is 6.91. The number of likely N-dealkylation sites (tertiary alicyclic amines) is 1. The molecule has 0 radical (unpaired) electrons. The van der Waals surface area contributed by atoms with Crippen molar-refractivity contribution in [2.75, 3.05) is 38.9 Å². The molecule has 2 aliphatic rings. The predicted octanol–water partition coefficient (Wildman–Crippen LogP) is 4.01. The number of carbonyl (C=O) groups is 2. The summed E-state index contributed by atoms with van der Waals surface area (Å²) in [5, 5.41) is 2.94. The summed E-state index contributed by atoms with van der Waals surface area (Å²) in [7, 11) is 3.24. The summed E-state index contributed by atoms with van der Waals surface area (Å²) in [6.45, 7) is 1.72. The lowest BCUT2D eigenvalue weighted by Gasteiger charge is -2.34. The number of benzene rings is 2. The average molecular weight is 456 g/mol. The number of methoxy groups -OCH3 is 2. The number of fused-ring (bicyclic) bond motifs is 1. The zero-order valence-corrected chi connectivity index (χ0v) is 19.5. The highest BCUT2D eigenvalue weighted by atomic mass is 32.2. The Morgan fingerprint density at radius 3 is 2.38 bits per heavy atom. The van der Waals surface area contributed by atoms with E-state index in [0.29, 0.717) is 37.6 Å². The van der Waals surface area contributed by atoms with Crippen molar-refractivity contribution in [3.8, 4) is 11.5 Å². The summed E-state index contributed by atoms with van der Waals surface area (Å²) >= 11 is 1.65. The van der Waals surface area contributed by atoms with Gasteiger partial charge in [0.1, 0.15) is 6.04 Å². The second kappa shape index (κ2) is 9.73. The summed E-state index contributed by atoms with van der Waals surface area (Å²) in [6.07, 6.45) is 4.28. The summed E-state index contributed by atoms with van der Waals surface area (Å²) in [4.78, 5) is 31.0. The molecule has 2 heterocycles. The predicted molar refractivity (Wildman–Crippen MR) is 126 cm³/mol. The summed E-state index contributed by atoms with van der Waals surface area (Å²) in [5.74, 6) is 1.38. The summed E-state index contributed by atoms with van der Waals surface area (Å²) in [6, 6.07) is 11.0. The second-order valence-electron chi connectivity index (χ2n) is 8.00. The molecule has 0 aromatic heterocycles. The average Bonchev–Trinajstić information content (AvgIpc) is 3.33. The molecule has 2 aliphatic heterocycles. The van der Waals surface area contributed by atoms with Crippen LogP contribution in [0.15, 0.2) is 41.3 Å². The van der Waals surface area contributed by atoms with Gasteiger partial charge in [0.2, 0.25) is 5.91 Å². The molecule has 1 saturated heterocycles. The quantitative estimate of drug-likeness (QED) is 0.690. The van der Waals surface area contributed by atoms with E-state index in [1.54, 1.807) is 30.9 Å². The van der Waals surface area contributed by atoms with E-state index in [1.807, 2.05) is 47.6 Å². The fourth-order valence-corrected chi connectivity index (χ4v) is 4.83. The Morgan fingerprint density at radius 2 is 1.72 bits per heavy atom. The van der Waals surface area contributed by atoms with E-state index in [0.717, 1.165) is 29.0 Å². The molecular formula is C24H29N3O4S. The van der Waals surface area contributed by atoms with E-state index in [2.05, 4.69) is 5.32 Å². The zero-order chi connectivity index (χ0) is 22.7. The summed E-state index contributed by atoms with van der Waals surface area (Å²) < 4.78 is 10.8. The molecule has 2 aromatic rings. The van der Waals surface area contributed by atoms with Gasteiger partial charge in [0, 0.05) is 30.2 Å². The number of hydrogen-bond donors (Lipinski definition) is 1. The van der Waals surface area contributed by atoms with Crippen LogP contribution in [0.5, 0.6) is 11.5 Å². The van der Waals surface area contributed by atoms with Crippen LogP contribution in [0.4, 0.5) is 10.5 Å². The van der Waals surface area contributed by atoms with E-state index in [-0.39, 0.29) is 11.9 Å². The van der Waals surface area contributed by atoms with Crippen LogP contribution in [0, 0.1) is 0 Å². The smallest absolute Gasteiger partial charge is 0.322 e. The highest BCUT2D eigenvalue weighted by molar-refractivity contribution is 7.98. The first kappa shape index (κ1) is 22.3. The first-order valence-corrected chi connectivity index (χ1v) is 12.0. The minimum atomic E-state index is -0.429.